The minimum Gasteiger partial charge on any atom is -0.368 e. The number of thiol groups is 1. The predicted molar refractivity (Wildman–Crippen MR) is 127 cm³/mol. The Morgan fingerprint density at radius 1 is 1.16 bits per heavy atom. The second-order valence-corrected chi connectivity index (χ2v) is 9.48. The van der Waals surface area contributed by atoms with E-state index in [1.807, 2.05) is 6.07 Å². The number of amides is 2. The molecule has 3 aliphatic heterocycles. The zero-order valence-corrected chi connectivity index (χ0v) is 19.4. The number of hydrogen-bond donors (Lipinski definition) is 2. The van der Waals surface area contributed by atoms with E-state index >= 15 is 0 Å². The molecular weight excluding hydrogens is 446 g/mol. The number of rotatable bonds is 4. The number of nitrogens with zero attached hydrogens (tertiary/aromatic N) is 4. The summed E-state index contributed by atoms with van der Waals surface area (Å²) in [7, 11) is 0. The smallest absolute Gasteiger partial charge is 0.243 e. The van der Waals surface area contributed by atoms with E-state index in [2.05, 4.69) is 43.2 Å². The van der Waals surface area contributed by atoms with Crippen molar-refractivity contribution in [3.05, 3.63) is 58.4 Å². The summed E-state index contributed by atoms with van der Waals surface area (Å²) in [6.45, 7) is 5.27. The van der Waals surface area contributed by atoms with E-state index in [0.29, 0.717) is 24.4 Å². The fraction of sp³-hybridized carbons (Fsp3) is 0.435. The maximum absolute atomic E-state index is 12.4. The Morgan fingerprint density at radius 3 is 2.72 bits per heavy atom. The van der Waals surface area contributed by atoms with Crippen LogP contribution in [0.5, 0.6) is 0 Å². The Hall–Kier alpha value is -2.13. The van der Waals surface area contributed by atoms with Gasteiger partial charge in [-0.05, 0) is 29.2 Å². The molecule has 0 bridgehead atoms. The molecule has 5 rings (SSSR count). The lowest BCUT2D eigenvalue weighted by Crippen LogP contribution is -2.51. The van der Waals surface area contributed by atoms with E-state index in [0.717, 1.165) is 44.0 Å². The number of imide groups is 1. The SMILES string of the molecule is O=C1CCC(N2Cc3c(CN4CCN(c5ccncc5Cl)CC4)cccc3C2S)C(=O)N1. The summed E-state index contributed by atoms with van der Waals surface area (Å²) in [5.41, 5.74) is 4.75. The van der Waals surface area contributed by atoms with Crippen molar-refractivity contribution in [2.24, 2.45) is 0 Å². The number of piperidine rings is 1. The number of nitrogens with one attached hydrogen (secondary N) is 1. The van der Waals surface area contributed by atoms with Crippen molar-refractivity contribution in [2.45, 2.75) is 37.3 Å². The maximum Gasteiger partial charge on any atom is 0.243 e. The largest absolute Gasteiger partial charge is 0.368 e. The number of fused-ring (bicyclic) bond motifs is 1. The van der Waals surface area contributed by atoms with Crippen LogP contribution in [0.3, 0.4) is 0 Å². The monoisotopic (exact) mass is 471 g/mol. The van der Waals surface area contributed by atoms with Gasteiger partial charge in [-0.2, -0.15) is 12.6 Å². The number of carbonyl (C=O) groups is 2. The maximum atomic E-state index is 12.4. The lowest BCUT2D eigenvalue weighted by molar-refractivity contribution is -0.137. The molecule has 7 nitrogen and oxygen atoms in total. The Morgan fingerprint density at radius 2 is 1.97 bits per heavy atom. The predicted octanol–water partition coefficient (Wildman–Crippen LogP) is 2.61. The first-order chi connectivity index (χ1) is 15.5. The van der Waals surface area contributed by atoms with Gasteiger partial charge in [0.25, 0.3) is 0 Å². The van der Waals surface area contributed by atoms with Crippen LogP contribution in [-0.2, 0) is 22.7 Å². The molecule has 1 aromatic heterocycles. The minimum absolute atomic E-state index is 0.139. The standard InChI is InChI=1S/C23H26ClN5O2S/c24-18-12-25-7-6-19(18)28-10-8-27(9-11-28)13-15-2-1-3-16-17(15)14-29(23(16)32)20-4-5-21(30)26-22(20)31/h1-3,6-7,12,20,23,32H,4-5,8-11,13-14H2,(H,26,30,31). The Kier molecular flexibility index (Phi) is 6.11. The van der Waals surface area contributed by atoms with Gasteiger partial charge in [0.05, 0.1) is 22.1 Å². The van der Waals surface area contributed by atoms with Crippen molar-refractivity contribution in [1.82, 2.24) is 20.1 Å². The van der Waals surface area contributed by atoms with Crippen molar-refractivity contribution in [2.75, 3.05) is 31.1 Å². The van der Waals surface area contributed by atoms with Crippen LogP contribution in [0.15, 0.2) is 36.7 Å². The number of aromatic nitrogens is 1. The molecular formula is C23H26ClN5O2S. The molecule has 4 heterocycles. The number of anilines is 1. The van der Waals surface area contributed by atoms with Gasteiger partial charge in [-0.25, -0.2) is 0 Å². The Bertz CT molecular complexity index is 1040. The first kappa shape index (κ1) is 21.7. The summed E-state index contributed by atoms with van der Waals surface area (Å²) < 4.78 is 0. The molecule has 0 aliphatic carbocycles. The highest BCUT2D eigenvalue weighted by Crippen LogP contribution is 2.41. The summed E-state index contributed by atoms with van der Waals surface area (Å²) in [6, 6.07) is 8.02. The first-order valence-corrected chi connectivity index (χ1v) is 11.9. The van der Waals surface area contributed by atoms with Crippen molar-refractivity contribution in [3.8, 4) is 0 Å². The highest BCUT2D eigenvalue weighted by atomic mass is 35.5. The number of benzene rings is 1. The van der Waals surface area contributed by atoms with Gasteiger partial charge in [0, 0.05) is 58.1 Å². The zero-order chi connectivity index (χ0) is 22.2. The number of hydrogen-bond acceptors (Lipinski definition) is 7. The molecule has 0 spiro atoms. The van der Waals surface area contributed by atoms with Gasteiger partial charge in [-0.15, -0.1) is 0 Å². The first-order valence-electron chi connectivity index (χ1n) is 11.0. The number of pyridine rings is 1. The topological polar surface area (TPSA) is 68.8 Å². The Balaban J connectivity index is 1.26. The van der Waals surface area contributed by atoms with Crippen LogP contribution in [-0.4, -0.2) is 58.8 Å². The average Bonchev–Trinajstić information content (AvgIpc) is 3.12. The van der Waals surface area contributed by atoms with Crippen LogP contribution in [0.2, 0.25) is 5.02 Å². The van der Waals surface area contributed by atoms with Gasteiger partial charge >= 0.3 is 0 Å². The normalized spacial score (nSPS) is 24.5. The number of halogens is 1. The Labute approximate surface area is 198 Å². The van der Waals surface area contributed by atoms with Gasteiger partial charge in [0.2, 0.25) is 11.8 Å². The summed E-state index contributed by atoms with van der Waals surface area (Å²) in [4.78, 5) is 34.9. The molecule has 3 aliphatic rings. The third kappa shape index (κ3) is 4.12. The van der Waals surface area contributed by atoms with E-state index in [-0.39, 0.29) is 23.2 Å². The minimum atomic E-state index is -0.316. The van der Waals surface area contributed by atoms with Crippen molar-refractivity contribution < 1.29 is 9.59 Å². The van der Waals surface area contributed by atoms with Crippen molar-refractivity contribution >= 4 is 41.7 Å². The third-order valence-electron chi connectivity index (χ3n) is 6.71. The fourth-order valence-corrected chi connectivity index (χ4v) is 5.70. The number of piperazine rings is 1. The zero-order valence-electron chi connectivity index (χ0n) is 17.7. The van der Waals surface area contributed by atoms with Crippen LogP contribution < -0.4 is 10.2 Å². The lowest BCUT2D eigenvalue weighted by atomic mass is 10.0. The van der Waals surface area contributed by atoms with Gasteiger partial charge < -0.3 is 4.90 Å². The fourth-order valence-electron chi connectivity index (χ4n) is 4.98. The molecule has 0 radical (unpaired) electrons. The van der Waals surface area contributed by atoms with E-state index < -0.39 is 0 Å². The van der Waals surface area contributed by atoms with Gasteiger partial charge in [0.1, 0.15) is 0 Å². The van der Waals surface area contributed by atoms with E-state index in [9.17, 15) is 9.59 Å². The van der Waals surface area contributed by atoms with Crippen LogP contribution in [0, 0.1) is 0 Å². The second kappa shape index (κ2) is 9.02. The highest BCUT2D eigenvalue weighted by Gasteiger charge is 2.39. The number of carbonyl (C=O) groups excluding carboxylic acids is 2. The highest BCUT2D eigenvalue weighted by molar-refractivity contribution is 7.80. The molecule has 1 aromatic carbocycles. The molecule has 168 valence electrons. The molecule has 9 heteroatoms. The van der Waals surface area contributed by atoms with Gasteiger partial charge in [-0.1, -0.05) is 29.8 Å². The lowest BCUT2D eigenvalue weighted by Gasteiger charge is -2.36. The third-order valence-corrected chi connectivity index (χ3v) is 7.58. The van der Waals surface area contributed by atoms with Crippen LogP contribution >= 0.6 is 24.2 Å². The quantitative estimate of drug-likeness (QED) is 0.527. The molecule has 2 unspecified atom stereocenters. The van der Waals surface area contributed by atoms with Gasteiger partial charge in [-0.3, -0.25) is 29.7 Å². The molecule has 2 saturated heterocycles. The van der Waals surface area contributed by atoms with E-state index in [1.165, 1.54) is 11.1 Å². The molecule has 2 aromatic rings. The summed E-state index contributed by atoms with van der Waals surface area (Å²) >= 11 is 11.2. The van der Waals surface area contributed by atoms with Crippen LogP contribution in [0.25, 0.3) is 0 Å². The van der Waals surface area contributed by atoms with Gasteiger partial charge in [0.15, 0.2) is 0 Å². The molecule has 1 N–H and O–H groups in total. The van der Waals surface area contributed by atoms with E-state index in [4.69, 9.17) is 24.2 Å². The van der Waals surface area contributed by atoms with Crippen molar-refractivity contribution in [3.63, 3.8) is 0 Å². The second-order valence-electron chi connectivity index (χ2n) is 8.59. The summed E-state index contributed by atoms with van der Waals surface area (Å²) in [5, 5.41) is 3.03. The molecule has 2 amide bonds. The van der Waals surface area contributed by atoms with Crippen LogP contribution in [0.1, 0.15) is 34.9 Å². The molecule has 2 fully saturated rings. The molecule has 0 saturated carbocycles. The van der Waals surface area contributed by atoms with Crippen LogP contribution in [0.4, 0.5) is 5.69 Å². The van der Waals surface area contributed by atoms with E-state index in [1.54, 1.807) is 12.4 Å². The average molecular weight is 472 g/mol. The summed E-state index contributed by atoms with van der Waals surface area (Å²) in [5.74, 6) is -0.396. The molecule has 2 atom stereocenters. The van der Waals surface area contributed by atoms with Crippen molar-refractivity contribution in [1.29, 1.82) is 0 Å². The molecule has 32 heavy (non-hydrogen) atoms. The summed E-state index contributed by atoms with van der Waals surface area (Å²) in [6.07, 6.45) is 4.40.